The third kappa shape index (κ3) is 2.84. The zero-order valence-electron chi connectivity index (χ0n) is 14.5. The van der Waals surface area contributed by atoms with Crippen LogP contribution in [0.15, 0.2) is 54.7 Å². The number of benzene rings is 1. The molecule has 4 nitrogen and oxygen atoms in total. The Labute approximate surface area is 147 Å². The zero-order valence-corrected chi connectivity index (χ0v) is 14.5. The number of aryl methyl sites for hydroxylation is 1. The van der Waals surface area contributed by atoms with Crippen molar-refractivity contribution in [3.63, 3.8) is 0 Å². The van der Waals surface area contributed by atoms with E-state index in [0.29, 0.717) is 0 Å². The highest BCUT2D eigenvalue weighted by Crippen LogP contribution is 2.23. The molecule has 4 rings (SSSR count). The Morgan fingerprint density at radius 3 is 2.68 bits per heavy atom. The molecule has 1 atom stereocenters. The van der Waals surface area contributed by atoms with Gasteiger partial charge in [-0.25, -0.2) is 0 Å². The number of amides is 1. The molecule has 4 heteroatoms. The number of carbonyl (C=O) groups excluding carboxylic acids is 1. The van der Waals surface area contributed by atoms with E-state index < -0.39 is 0 Å². The lowest BCUT2D eigenvalue weighted by Crippen LogP contribution is -2.35. The normalized spacial score (nSPS) is 15.8. The number of nitrogens with zero attached hydrogens (tertiary/aromatic N) is 2. The second-order valence-electron chi connectivity index (χ2n) is 6.64. The van der Waals surface area contributed by atoms with Crippen LogP contribution in [0.25, 0.3) is 5.69 Å². The summed E-state index contributed by atoms with van der Waals surface area (Å²) < 4.78 is 2.12. The molecule has 1 unspecified atom stereocenters. The summed E-state index contributed by atoms with van der Waals surface area (Å²) >= 11 is 0. The van der Waals surface area contributed by atoms with E-state index in [9.17, 15) is 4.79 Å². The van der Waals surface area contributed by atoms with E-state index in [1.54, 1.807) is 0 Å². The van der Waals surface area contributed by atoms with Gasteiger partial charge in [0.05, 0.1) is 5.56 Å². The van der Waals surface area contributed by atoms with Crippen LogP contribution in [0.1, 0.15) is 33.0 Å². The van der Waals surface area contributed by atoms with Gasteiger partial charge in [-0.1, -0.05) is 24.3 Å². The summed E-state index contributed by atoms with van der Waals surface area (Å²) in [6.45, 7) is 4.03. The number of aromatic nitrogens is 2. The van der Waals surface area contributed by atoms with Crippen LogP contribution in [0.2, 0.25) is 0 Å². The molecule has 1 aliphatic rings. The summed E-state index contributed by atoms with van der Waals surface area (Å²) in [6.07, 6.45) is 3.47. The Balaban J connectivity index is 1.56. The molecule has 0 radical (unpaired) electrons. The van der Waals surface area contributed by atoms with Crippen molar-refractivity contribution in [2.45, 2.75) is 32.7 Å². The highest BCUT2D eigenvalue weighted by molar-refractivity contribution is 5.96. The molecular weight excluding hydrogens is 310 g/mol. The molecule has 2 aromatic heterocycles. The summed E-state index contributed by atoms with van der Waals surface area (Å²) in [5.41, 5.74) is 6.18. The van der Waals surface area contributed by atoms with Crippen molar-refractivity contribution in [2.75, 3.05) is 0 Å². The van der Waals surface area contributed by atoms with Crippen LogP contribution in [-0.4, -0.2) is 21.5 Å². The third-order valence-electron chi connectivity index (χ3n) is 4.92. The van der Waals surface area contributed by atoms with Gasteiger partial charge in [-0.3, -0.25) is 9.78 Å². The summed E-state index contributed by atoms with van der Waals surface area (Å²) in [6, 6.07) is 16.3. The highest BCUT2D eigenvalue weighted by Gasteiger charge is 2.25. The van der Waals surface area contributed by atoms with Crippen LogP contribution in [0, 0.1) is 13.8 Å². The minimum Gasteiger partial charge on any atom is -0.349 e. The maximum atomic E-state index is 12.8. The first kappa shape index (κ1) is 15.6. The van der Waals surface area contributed by atoms with Gasteiger partial charge in [0.15, 0.2) is 0 Å². The van der Waals surface area contributed by atoms with E-state index in [1.165, 1.54) is 5.56 Å². The average molecular weight is 331 g/mol. The molecule has 2 heterocycles. The standard InChI is InChI=1S/C21H21N3O/c1-14-11-19(15(2)24(14)18-8-4-3-5-9-18)21(25)23-17-12-16-7-6-10-22-20(16)13-17/h3-11,17H,12-13H2,1-2H3,(H,23,25). The molecule has 1 aromatic carbocycles. The monoisotopic (exact) mass is 331 g/mol. The molecule has 0 bridgehead atoms. The summed E-state index contributed by atoms with van der Waals surface area (Å²) in [5.74, 6) is -0.00640. The number of para-hydroxylation sites is 1. The molecule has 0 saturated heterocycles. The number of fused-ring (bicyclic) bond motifs is 1. The fourth-order valence-electron chi connectivity index (χ4n) is 3.74. The Kier molecular flexibility index (Phi) is 3.88. The topological polar surface area (TPSA) is 46.9 Å². The number of hydrogen-bond donors (Lipinski definition) is 1. The fourth-order valence-corrected chi connectivity index (χ4v) is 3.74. The highest BCUT2D eigenvalue weighted by atomic mass is 16.1. The largest absolute Gasteiger partial charge is 0.349 e. The molecule has 126 valence electrons. The summed E-state index contributed by atoms with van der Waals surface area (Å²) in [5, 5.41) is 3.18. The van der Waals surface area contributed by atoms with E-state index in [-0.39, 0.29) is 11.9 Å². The summed E-state index contributed by atoms with van der Waals surface area (Å²) in [7, 11) is 0. The lowest BCUT2D eigenvalue weighted by molar-refractivity contribution is 0.0938. The van der Waals surface area contributed by atoms with Crippen molar-refractivity contribution in [2.24, 2.45) is 0 Å². The second-order valence-corrected chi connectivity index (χ2v) is 6.64. The molecule has 1 aliphatic carbocycles. The molecule has 1 N–H and O–H groups in total. The van der Waals surface area contributed by atoms with Gasteiger partial charge < -0.3 is 9.88 Å². The number of carbonyl (C=O) groups is 1. The van der Waals surface area contributed by atoms with E-state index in [2.05, 4.69) is 33.1 Å². The lowest BCUT2D eigenvalue weighted by atomic mass is 10.1. The number of rotatable bonds is 3. The molecule has 0 spiro atoms. The minimum atomic E-state index is -0.00640. The van der Waals surface area contributed by atoms with Gasteiger partial charge in [-0.2, -0.15) is 0 Å². The molecule has 0 aliphatic heterocycles. The average Bonchev–Trinajstić information content (AvgIpc) is 3.15. The van der Waals surface area contributed by atoms with Gasteiger partial charge in [0.25, 0.3) is 5.91 Å². The van der Waals surface area contributed by atoms with Crippen LogP contribution < -0.4 is 5.32 Å². The third-order valence-corrected chi connectivity index (χ3v) is 4.92. The van der Waals surface area contributed by atoms with Crippen LogP contribution in [-0.2, 0) is 12.8 Å². The first-order valence-corrected chi connectivity index (χ1v) is 8.61. The van der Waals surface area contributed by atoms with Gasteiger partial charge in [0.1, 0.15) is 0 Å². The maximum absolute atomic E-state index is 12.8. The second kappa shape index (κ2) is 6.20. The number of pyridine rings is 1. The van der Waals surface area contributed by atoms with Gasteiger partial charge in [-0.05, 0) is 50.1 Å². The predicted octanol–water partition coefficient (Wildman–Crippen LogP) is 3.39. The van der Waals surface area contributed by atoms with Crippen molar-refractivity contribution in [1.29, 1.82) is 0 Å². The quantitative estimate of drug-likeness (QED) is 0.800. The van der Waals surface area contributed by atoms with Crippen molar-refractivity contribution >= 4 is 5.91 Å². The van der Waals surface area contributed by atoms with E-state index in [0.717, 1.165) is 41.2 Å². The van der Waals surface area contributed by atoms with Gasteiger partial charge in [-0.15, -0.1) is 0 Å². The predicted molar refractivity (Wildman–Crippen MR) is 98.1 cm³/mol. The minimum absolute atomic E-state index is 0.00640. The Bertz CT molecular complexity index is 903. The Morgan fingerprint density at radius 2 is 1.92 bits per heavy atom. The van der Waals surface area contributed by atoms with Crippen LogP contribution in [0.3, 0.4) is 0 Å². The zero-order chi connectivity index (χ0) is 17.4. The Morgan fingerprint density at radius 1 is 1.12 bits per heavy atom. The van der Waals surface area contributed by atoms with Gasteiger partial charge >= 0.3 is 0 Å². The van der Waals surface area contributed by atoms with Crippen molar-refractivity contribution in [1.82, 2.24) is 14.9 Å². The fraction of sp³-hybridized carbons (Fsp3) is 0.238. The van der Waals surface area contributed by atoms with E-state index >= 15 is 0 Å². The Hall–Kier alpha value is -2.88. The van der Waals surface area contributed by atoms with Gasteiger partial charge in [0.2, 0.25) is 0 Å². The SMILES string of the molecule is Cc1cc(C(=O)NC2Cc3cccnc3C2)c(C)n1-c1ccccc1. The molecule has 1 amide bonds. The molecule has 0 saturated carbocycles. The molecular formula is C21H21N3O. The summed E-state index contributed by atoms with van der Waals surface area (Å²) in [4.78, 5) is 17.2. The van der Waals surface area contributed by atoms with Crippen molar-refractivity contribution in [3.05, 3.63) is 82.9 Å². The van der Waals surface area contributed by atoms with Gasteiger partial charge in [0, 0.05) is 41.4 Å². The first-order chi connectivity index (χ1) is 12.1. The molecule has 3 aromatic rings. The van der Waals surface area contributed by atoms with Crippen molar-refractivity contribution in [3.8, 4) is 5.69 Å². The van der Waals surface area contributed by atoms with Crippen LogP contribution >= 0.6 is 0 Å². The smallest absolute Gasteiger partial charge is 0.253 e. The van der Waals surface area contributed by atoms with E-state index in [4.69, 9.17) is 0 Å². The van der Waals surface area contributed by atoms with Crippen molar-refractivity contribution < 1.29 is 4.79 Å². The number of nitrogens with one attached hydrogen (secondary N) is 1. The van der Waals surface area contributed by atoms with Crippen LogP contribution in [0.5, 0.6) is 0 Å². The first-order valence-electron chi connectivity index (χ1n) is 8.61. The molecule has 25 heavy (non-hydrogen) atoms. The lowest BCUT2D eigenvalue weighted by Gasteiger charge is -2.13. The molecule has 0 fully saturated rings. The maximum Gasteiger partial charge on any atom is 0.253 e. The van der Waals surface area contributed by atoms with Crippen LogP contribution in [0.4, 0.5) is 0 Å². The van der Waals surface area contributed by atoms with E-state index in [1.807, 2.05) is 50.4 Å². The number of hydrogen-bond acceptors (Lipinski definition) is 2.